The first kappa shape index (κ1) is 25.0. The van der Waals surface area contributed by atoms with Gasteiger partial charge >= 0.3 is 0 Å². The summed E-state index contributed by atoms with van der Waals surface area (Å²) in [6, 6.07) is 23.2. The standard InChI is InChI=1S/C28H25ClN4O3S/c1-17-8-10-18(11-9-17)22-15-23(19-6-4-3-5-7-19)33(32-22)28-31-27(35)25(37-28)16-26(34)30-20-12-13-24(36-2)21(29)14-20/h3-14,23,25H,15-16H2,1-2H3,(H,30,34)/t23-,25-/m0/s1. The highest BCUT2D eigenvalue weighted by Gasteiger charge is 2.39. The zero-order chi connectivity index (χ0) is 25.9. The monoisotopic (exact) mass is 532 g/mol. The van der Waals surface area contributed by atoms with Gasteiger partial charge < -0.3 is 10.1 Å². The second-order valence-corrected chi connectivity index (χ2v) is 10.4. The number of aliphatic imine (C=N–C) groups is 1. The van der Waals surface area contributed by atoms with Crippen molar-refractivity contribution >= 4 is 51.7 Å². The van der Waals surface area contributed by atoms with Crippen LogP contribution < -0.4 is 10.1 Å². The number of hydrazone groups is 1. The summed E-state index contributed by atoms with van der Waals surface area (Å²) in [5.74, 6) is -0.120. The van der Waals surface area contributed by atoms with Gasteiger partial charge in [-0.15, -0.1) is 0 Å². The predicted octanol–water partition coefficient (Wildman–Crippen LogP) is 5.83. The first-order valence-electron chi connectivity index (χ1n) is 11.8. The first-order chi connectivity index (χ1) is 17.9. The molecule has 3 aromatic rings. The summed E-state index contributed by atoms with van der Waals surface area (Å²) >= 11 is 7.43. The SMILES string of the molecule is COc1ccc(NC(=O)C[C@@H]2SC(N3N=C(c4ccc(C)cc4)C[C@H]3c3ccccc3)=NC2=O)cc1Cl. The number of benzene rings is 3. The van der Waals surface area contributed by atoms with E-state index in [2.05, 4.69) is 46.7 Å². The maximum atomic E-state index is 12.8. The van der Waals surface area contributed by atoms with Crippen molar-refractivity contribution in [1.29, 1.82) is 0 Å². The lowest BCUT2D eigenvalue weighted by Crippen LogP contribution is -2.25. The van der Waals surface area contributed by atoms with E-state index in [4.69, 9.17) is 21.4 Å². The molecule has 0 saturated heterocycles. The summed E-state index contributed by atoms with van der Waals surface area (Å²) in [6.07, 6.45) is 0.669. The summed E-state index contributed by atoms with van der Waals surface area (Å²) in [5, 5.41) is 9.78. The van der Waals surface area contributed by atoms with E-state index < -0.39 is 5.25 Å². The van der Waals surface area contributed by atoms with E-state index in [9.17, 15) is 9.59 Å². The lowest BCUT2D eigenvalue weighted by molar-refractivity contribution is -0.121. The van der Waals surface area contributed by atoms with E-state index in [1.807, 2.05) is 30.1 Å². The number of amides is 2. The van der Waals surface area contributed by atoms with Crippen molar-refractivity contribution < 1.29 is 14.3 Å². The molecular weight excluding hydrogens is 508 g/mol. The van der Waals surface area contributed by atoms with Crippen LogP contribution >= 0.6 is 23.4 Å². The van der Waals surface area contributed by atoms with Gasteiger partial charge in [-0.3, -0.25) is 9.59 Å². The number of nitrogens with zero attached hydrogens (tertiary/aromatic N) is 3. The van der Waals surface area contributed by atoms with Gasteiger partial charge in [0.15, 0.2) is 5.17 Å². The lowest BCUT2D eigenvalue weighted by atomic mass is 9.98. The molecule has 9 heteroatoms. The Balaban J connectivity index is 1.32. The Kier molecular flexibility index (Phi) is 7.30. The molecule has 0 fully saturated rings. The highest BCUT2D eigenvalue weighted by molar-refractivity contribution is 8.15. The topological polar surface area (TPSA) is 83.4 Å². The minimum Gasteiger partial charge on any atom is -0.495 e. The number of halogens is 1. The largest absolute Gasteiger partial charge is 0.495 e. The van der Waals surface area contributed by atoms with Gasteiger partial charge in [-0.1, -0.05) is 83.5 Å². The number of rotatable bonds is 6. The van der Waals surface area contributed by atoms with Gasteiger partial charge in [0, 0.05) is 18.5 Å². The summed E-state index contributed by atoms with van der Waals surface area (Å²) < 4.78 is 5.15. The molecule has 0 aromatic heterocycles. The Bertz CT molecular complexity index is 1390. The smallest absolute Gasteiger partial charge is 0.262 e. The van der Waals surface area contributed by atoms with Crippen LogP contribution in [0.25, 0.3) is 0 Å². The number of hydrogen-bond acceptors (Lipinski definition) is 6. The average molecular weight is 533 g/mol. The van der Waals surface area contributed by atoms with Crippen molar-refractivity contribution in [1.82, 2.24) is 5.01 Å². The van der Waals surface area contributed by atoms with Gasteiger partial charge in [-0.05, 0) is 36.2 Å². The number of methoxy groups -OCH3 is 1. The maximum absolute atomic E-state index is 12.8. The Morgan fingerprint density at radius 1 is 1.14 bits per heavy atom. The molecule has 5 rings (SSSR count). The number of anilines is 1. The molecule has 2 amide bonds. The number of hydrogen-bond donors (Lipinski definition) is 1. The summed E-state index contributed by atoms with van der Waals surface area (Å²) in [6.45, 7) is 2.05. The van der Waals surface area contributed by atoms with E-state index in [-0.39, 0.29) is 24.3 Å². The molecule has 2 aliphatic rings. The number of carbonyl (C=O) groups excluding carboxylic acids is 2. The Morgan fingerprint density at radius 3 is 2.59 bits per heavy atom. The maximum Gasteiger partial charge on any atom is 0.262 e. The summed E-state index contributed by atoms with van der Waals surface area (Å²) in [4.78, 5) is 29.8. The molecule has 2 aliphatic heterocycles. The number of ether oxygens (including phenoxy) is 1. The zero-order valence-electron chi connectivity index (χ0n) is 20.3. The molecule has 0 saturated carbocycles. The third-order valence-electron chi connectivity index (χ3n) is 6.21. The molecule has 2 atom stereocenters. The normalized spacial score (nSPS) is 19.0. The summed E-state index contributed by atoms with van der Waals surface area (Å²) in [7, 11) is 1.52. The Morgan fingerprint density at radius 2 is 1.89 bits per heavy atom. The first-order valence-corrected chi connectivity index (χ1v) is 13.1. The van der Waals surface area contributed by atoms with Crippen molar-refractivity contribution in [3.63, 3.8) is 0 Å². The molecule has 2 heterocycles. The van der Waals surface area contributed by atoms with Crippen LogP contribution in [-0.2, 0) is 9.59 Å². The zero-order valence-corrected chi connectivity index (χ0v) is 21.9. The quantitative estimate of drug-likeness (QED) is 0.431. The van der Waals surface area contributed by atoms with Crippen LogP contribution in [0.15, 0.2) is 82.9 Å². The molecule has 3 aromatic carbocycles. The van der Waals surface area contributed by atoms with Gasteiger partial charge in [0.05, 0.1) is 23.9 Å². The number of thioether (sulfide) groups is 1. The number of carbonyl (C=O) groups is 2. The van der Waals surface area contributed by atoms with Gasteiger partial charge in [-0.2, -0.15) is 10.1 Å². The average Bonchev–Trinajstić information content (AvgIpc) is 3.49. The molecule has 7 nitrogen and oxygen atoms in total. The van der Waals surface area contributed by atoms with Crippen LogP contribution in [0.5, 0.6) is 5.75 Å². The minimum absolute atomic E-state index is 0.0154. The van der Waals surface area contributed by atoms with Crippen LogP contribution in [0.1, 0.15) is 35.6 Å². The van der Waals surface area contributed by atoms with Crippen LogP contribution in [0.2, 0.25) is 5.02 Å². The third kappa shape index (κ3) is 5.55. The van der Waals surface area contributed by atoms with Crippen LogP contribution in [0.3, 0.4) is 0 Å². The van der Waals surface area contributed by atoms with Gasteiger partial charge in [0.2, 0.25) is 5.91 Å². The fourth-order valence-electron chi connectivity index (χ4n) is 4.27. The van der Waals surface area contributed by atoms with Crippen molar-refractivity contribution in [3.8, 4) is 5.75 Å². The second kappa shape index (κ2) is 10.8. The molecule has 37 heavy (non-hydrogen) atoms. The Hall–Kier alpha value is -3.62. The van der Waals surface area contributed by atoms with Gasteiger partial charge in [0.25, 0.3) is 5.91 Å². The third-order valence-corrected chi connectivity index (χ3v) is 7.65. The van der Waals surface area contributed by atoms with Crippen molar-refractivity contribution in [2.75, 3.05) is 12.4 Å². The number of nitrogens with one attached hydrogen (secondary N) is 1. The van der Waals surface area contributed by atoms with Crippen molar-refractivity contribution in [3.05, 3.63) is 94.5 Å². The van der Waals surface area contributed by atoms with Gasteiger partial charge in [-0.25, -0.2) is 5.01 Å². The van der Waals surface area contributed by atoms with Crippen molar-refractivity contribution in [2.45, 2.75) is 31.1 Å². The van der Waals surface area contributed by atoms with E-state index in [1.54, 1.807) is 18.2 Å². The van der Waals surface area contributed by atoms with E-state index >= 15 is 0 Å². The molecule has 0 aliphatic carbocycles. The van der Waals surface area contributed by atoms with Crippen LogP contribution in [0, 0.1) is 6.92 Å². The van der Waals surface area contributed by atoms with Crippen molar-refractivity contribution in [2.24, 2.45) is 10.1 Å². The molecular formula is C28H25ClN4O3S. The molecule has 0 unspecified atom stereocenters. The van der Waals surface area contributed by atoms with E-state index in [0.29, 0.717) is 28.0 Å². The molecule has 0 bridgehead atoms. The molecule has 188 valence electrons. The van der Waals surface area contributed by atoms with E-state index in [0.717, 1.165) is 16.8 Å². The highest BCUT2D eigenvalue weighted by Crippen LogP contribution is 2.38. The predicted molar refractivity (Wildman–Crippen MR) is 148 cm³/mol. The fraction of sp³-hybridized carbons (Fsp3) is 0.214. The lowest BCUT2D eigenvalue weighted by Gasteiger charge is -2.23. The minimum atomic E-state index is -0.626. The van der Waals surface area contributed by atoms with Crippen LogP contribution in [-0.4, -0.2) is 40.1 Å². The summed E-state index contributed by atoms with van der Waals surface area (Å²) in [5.41, 5.74) is 4.77. The van der Waals surface area contributed by atoms with E-state index in [1.165, 1.54) is 24.4 Å². The molecule has 0 radical (unpaired) electrons. The van der Waals surface area contributed by atoms with Crippen LogP contribution in [0.4, 0.5) is 5.69 Å². The Labute approximate surface area is 224 Å². The molecule has 1 N–H and O–H groups in total. The molecule has 0 spiro atoms. The van der Waals surface area contributed by atoms with Gasteiger partial charge in [0.1, 0.15) is 11.0 Å². The number of aryl methyl sites for hydroxylation is 1. The highest BCUT2D eigenvalue weighted by atomic mass is 35.5. The second-order valence-electron chi connectivity index (χ2n) is 8.83. The number of amidine groups is 1. The fourth-order valence-corrected chi connectivity index (χ4v) is 5.59.